The molecule has 0 unspecified atom stereocenters. The number of rotatable bonds is 6. The number of hydrogen-bond donors (Lipinski definition) is 2. The molecule has 0 radical (unpaired) electrons. The van der Waals surface area contributed by atoms with Crippen LogP contribution < -0.4 is 18.1 Å². The molecule has 2 fully saturated rings. The summed E-state index contributed by atoms with van der Waals surface area (Å²) in [6.45, 7) is 4.38. The van der Waals surface area contributed by atoms with Crippen molar-refractivity contribution in [1.82, 2.24) is 0 Å². The first-order chi connectivity index (χ1) is 22.9. The molecule has 0 bridgehead atoms. The van der Waals surface area contributed by atoms with Crippen molar-refractivity contribution < 1.29 is 27.9 Å². The van der Waals surface area contributed by atoms with E-state index in [1.165, 1.54) is 97.6 Å². The van der Waals surface area contributed by atoms with Crippen LogP contribution in [0.2, 0.25) is 0 Å². The van der Waals surface area contributed by atoms with Gasteiger partial charge in [-0.05, 0) is 97.9 Å². The van der Waals surface area contributed by atoms with Gasteiger partial charge in [-0.25, -0.2) is 0 Å². The predicted octanol–water partition coefficient (Wildman–Crippen LogP) is 11.3. The molecule has 2 N–H and O–H groups in total. The number of hydrogen-bond acceptors (Lipinski definition) is 6. The summed E-state index contributed by atoms with van der Waals surface area (Å²) in [6.07, 6.45) is 13.4. The molecule has 1 aliphatic heterocycles. The summed E-state index contributed by atoms with van der Waals surface area (Å²) in [5.74, 6) is 4.01. The molecule has 8 heteroatoms. The van der Waals surface area contributed by atoms with E-state index in [4.69, 9.17) is 18.1 Å². The third-order valence-corrected chi connectivity index (χ3v) is 10.8. The average Bonchev–Trinajstić information content (AvgIpc) is 3.08. The molecule has 3 aliphatic rings. The van der Waals surface area contributed by atoms with Crippen LogP contribution in [0.15, 0.2) is 84.9 Å². The van der Waals surface area contributed by atoms with Gasteiger partial charge in [0.25, 0.3) is 0 Å². The van der Waals surface area contributed by atoms with E-state index in [0.717, 1.165) is 17.9 Å². The zero-order chi connectivity index (χ0) is 32.6. The Balaban J connectivity index is 0.000000203. The van der Waals surface area contributed by atoms with Crippen molar-refractivity contribution in [2.45, 2.75) is 96.3 Å². The average molecular weight is 673 g/mol. The van der Waals surface area contributed by atoms with Crippen LogP contribution in [0.5, 0.6) is 23.0 Å². The Hall–Kier alpha value is -3.14. The van der Waals surface area contributed by atoms with Crippen LogP contribution in [0, 0.1) is 13.8 Å². The molecule has 0 spiro atoms. The minimum Gasteiger partial charge on any atom is -0.418 e. The highest BCUT2D eigenvalue weighted by Crippen LogP contribution is 2.51. The predicted molar refractivity (Wildman–Crippen MR) is 190 cm³/mol. The Kier molecular flexibility index (Phi) is 11.7. The van der Waals surface area contributed by atoms with Gasteiger partial charge in [-0.3, -0.25) is 0 Å². The number of aryl methyl sites for hydroxylation is 2. The summed E-state index contributed by atoms with van der Waals surface area (Å²) in [6, 6.07) is 27.2. The van der Waals surface area contributed by atoms with Gasteiger partial charge in [-0.2, -0.15) is 0 Å². The highest BCUT2D eigenvalue weighted by Gasteiger charge is 2.30. The molecular weight excluding hydrogens is 626 g/mol. The summed E-state index contributed by atoms with van der Waals surface area (Å²) >= 11 is 0. The molecular formula is C39H46O6P2. The lowest BCUT2D eigenvalue weighted by Gasteiger charge is -2.30. The van der Waals surface area contributed by atoms with Gasteiger partial charge in [0, 0.05) is 6.42 Å². The monoisotopic (exact) mass is 672 g/mol. The number of benzene rings is 4. The second-order valence-corrected chi connectivity index (χ2v) is 14.7. The van der Waals surface area contributed by atoms with Crippen LogP contribution in [0.4, 0.5) is 0 Å². The van der Waals surface area contributed by atoms with E-state index in [1.54, 1.807) is 24.3 Å². The molecule has 6 nitrogen and oxygen atoms in total. The minimum absolute atomic E-state index is 0.528. The summed E-state index contributed by atoms with van der Waals surface area (Å²) in [5.41, 5.74) is 7.53. The van der Waals surface area contributed by atoms with E-state index in [0.29, 0.717) is 23.3 Å². The summed E-state index contributed by atoms with van der Waals surface area (Å²) in [7, 11) is -3.94. The molecule has 2 aliphatic carbocycles. The van der Waals surface area contributed by atoms with Gasteiger partial charge in [0.2, 0.25) is 0 Å². The van der Waals surface area contributed by atoms with Crippen molar-refractivity contribution in [3.63, 3.8) is 0 Å². The lowest BCUT2D eigenvalue weighted by Crippen LogP contribution is -2.13. The van der Waals surface area contributed by atoms with E-state index in [-0.39, 0.29) is 0 Å². The maximum absolute atomic E-state index is 10.9. The molecule has 47 heavy (non-hydrogen) atoms. The molecule has 4 aromatic carbocycles. The Morgan fingerprint density at radius 3 is 1.43 bits per heavy atom. The Labute approximate surface area is 282 Å². The highest BCUT2D eigenvalue weighted by molar-refractivity contribution is 7.41. The second kappa shape index (κ2) is 16.3. The van der Waals surface area contributed by atoms with Crippen LogP contribution in [0.3, 0.4) is 0 Å². The molecule has 4 aromatic rings. The van der Waals surface area contributed by atoms with Crippen molar-refractivity contribution in [3.8, 4) is 23.0 Å². The van der Waals surface area contributed by atoms with Gasteiger partial charge in [-0.15, -0.1) is 0 Å². The molecule has 7 rings (SSSR count). The highest BCUT2D eigenvalue weighted by atomic mass is 31.2. The van der Waals surface area contributed by atoms with Crippen LogP contribution in [0.1, 0.15) is 109 Å². The first kappa shape index (κ1) is 33.7. The van der Waals surface area contributed by atoms with Gasteiger partial charge >= 0.3 is 17.2 Å². The quantitative estimate of drug-likeness (QED) is 0.199. The largest absolute Gasteiger partial charge is 0.460 e. The van der Waals surface area contributed by atoms with Crippen LogP contribution in [-0.4, -0.2) is 9.79 Å². The summed E-state index contributed by atoms with van der Waals surface area (Å²) in [4.78, 5) is 20.5. The van der Waals surface area contributed by atoms with Crippen molar-refractivity contribution >= 4 is 17.2 Å². The fourth-order valence-electron chi connectivity index (χ4n) is 7.22. The van der Waals surface area contributed by atoms with Crippen molar-refractivity contribution in [1.29, 1.82) is 0 Å². The van der Waals surface area contributed by atoms with E-state index in [2.05, 4.69) is 38.1 Å². The minimum atomic E-state index is -2.00. The molecule has 0 aromatic heterocycles. The zero-order valence-electron chi connectivity index (χ0n) is 27.4. The Morgan fingerprint density at radius 2 is 1.02 bits per heavy atom. The maximum Gasteiger partial charge on any atom is 0.460 e. The SMILES string of the molecule is Cc1cc2c(c(C3CCCCC3)c1)OP(O)Oc1c(cc(C)cc1C1CCCCC1)C2.OP(Oc1ccccc1)Oc1ccccc1. The normalized spacial score (nSPS) is 17.1. The summed E-state index contributed by atoms with van der Waals surface area (Å²) in [5, 5.41) is 0. The lowest BCUT2D eigenvalue weighted by atomic mass is 9.80. The topological polar surface area (TPSA) is 77.4 Å². The van der Waals surface area contributed by atoms with Crippen molar-refractivity contribution in [3.05, 3.63) is 118 Å². The van der Waals surface area contributed by atoms with E-state index < -0.39 is 17.2 Å². The summed E-state index contributed by atoms with van der Waals surface area (Å²) < 4.78 is 22.8. The standard InChI is InChI=1S/C27H35O3P.C12H11O3P/c1-18-13-22-17-23-14-19(2)16-25(21-11-7-4-8-12-21)27(23)30-31(28)29-26(22)24(15-18)20-9-5-3-6-10-20;13-16(14-11-7-3-1-4-8-11)15-12-9-5-2-6-10-12/h13-16,20-21,28H,3-12,17H2,1-2H3;1-10,13H. The van der Waals surface area contributed by atoms with Crippen molar-refractivity contribution in [2.75, 3.05) is 0 Å². The van der Waals surface area contributed by atoms with Crippen molar-refractivity contribution in [2.24, 2.45) is 0 Å². The molecule has 248 valence electrons. The van der Waals surface area contributed by atoms with E-state index in [1.807, 2.05) is 36.4 Å². The number of fused-ring (bicyclic) bond motifs is 2. The zero-order valence-corrected chi connectivity index (χ0v) is 29.2. The van der Waals surface area contributed by atoms with Gasteiger partial charge in [-0.1, -0.05) is 110 Å². The molecule has 1 heterocycles. The third kappa shape index (κ3) is 9.06. The number of para-hydroxylation sites is 2. The molecule has 2 saturated carbocycles. The maximum atomic E-state index is 10.9. The van der Waals surface area contributed by atoms with E-state index in [9.17, 15) is 9.79 Å². The van der Waals surface area contributed by atoms with Crippen LogP contribution >= 0.6 is 17.2 Å². The smallest absolute Gasteiger partial charge is 0.418 e. The lowest BCUT2D eigenvalue weighted by molar-refractivity contribution is 0.360. The van der Waals surface area contributed by atoms with Crippen LogP contribution in [-0.2, 0) is 6.42 Å². The van der Waals surface area contributed by atoms with Gasteiger partial charge < -0.3 is 27.9 Å². The van der Waals surface area contributed by atoms with Gasteiger partial charge in [0.15, 0.2) is 0 Å². The van der Waals surface area contributed by atoms with Gasteiger partial charge in [0.1, 0.15) is 23.0 Å². The first-order valence-electron chi connectivity index (χ1n) is 17.0. The second-order valence-electron chi connectivity index (χ2n) is 13.0. The molecule has 0 atom stereocenters. The van der Waals surface area contributed by atoms with Gasteiger partial charge in [0.05, 0.1) is 0 Å². The van der Waals surface area contributed by atoms with E-state index >= 15 is 0 Å². The Bertz CT molecular complexity index is 1470. The molecule has 0 saturated heterocycles. The fraction of sp³-hybridized carbons (Fsp3) is 0.385. The van der Waals surface area contributed by atoms with Crippen LogP contribution in [0.25, 0.3) is 0 Å². The molecule has 0 amide bonds. The fourth-order valence-corrected chi connectivity index (χ4v) is 8.65. The Morgan fingerprint density at radius 1 is 0.617 bits per heavy atom. The first-order valence-corrected chi connectivity index (χ1v) is 19.3. The third-order valence-electron chi connectivity index (χ3n) is 9.34.